The molecular weight excluding hydrogens is 330 g/mol. The summed E-state index contributed by atoms with van der Waals surface area (Å²) in [5.74, 6) is 1.82. The second kappa shape index (κ2) is 9.92. The summed E-state index contributed by atoms with van der Waals surface area (Å²) in [5.41, 5.74) is 0.923. The number of carbonyl (C=O) groups excluding carboxylic acids is 1. The van der Waals surface area contributed by atoms with E-state index in [-0.39, 0.29) is 6.03 Å². The Morgan fingerprint density at radius 2 is 2.12 bits per heavy atom. The Hall–Kier alpha value is -1.60. The zero-order valence-corrected chi connectivity index (χ0v) is 17.0. The highest BCUT2D eigenvalue weighted by Crippen LogP contribution is 2.19. The van der Waals surface area contributed by atoms with Gasteiger partial charge in [-0.05, 0) is 44.7 Å². The van der Waals surface area contributed by atoms with Gasteiger partial charge >= 0.3 is 6.03 Å². The number of likely N-dealkylation sites (tertiary alicyclic amines) is 1. The highest BCUT2D eigenvalue weighted by Gasteiger charge is 2.22. The van der Waals surface area contributed by atoms with Gasteiger partial charge in [0.1, 0.15) is 5.82 Å². The fraction of sp³-hybridized carbons (Fsp3) is 0.789. The molecule has 7 nitrogen and oxygen atoms in total. The Labute approximate surface area is 157 Å². The number of urea groups is 1. The molecule has 148 valence electrons. The van der Waals surface area contributed by atoms with Crippen LogP contribution in [0.15, 0.2) is 6.07 Å². The van der Waals surface area contributed by atoms with Crippen LogP contribution < -0.4 is 5.32 Å². The van der Waals surface area contributed by atoms with Crippen LogP contribution in [0.2, 0.25) is 0 Å². The van der Waals surface area contributed by atoms with E-state index in [0.29, 0.717) is 11.8 Å². The lowest BCUT2D eigenvalue weighted by molar-refractivity contribution is 0.113. The molecule has 1 aromatic rings. The van der Waals surface area contributed by atoms with E-state index in [2.05, 4.69) is 29.2 Å². The van der Waals surface area contributed by atoms with Crippen molar-refractivity contribution in [2.24, 2.45) is 11.8 Å². The molecule has 2 amide bonds. The van der Waals surface area contributed by atoms with Crippen LogP contribution in [-0.2, 0) is 11.3 Å². The molecule has 0 atom stereocenters. The number of piperidine rings is 1. The minimum Gasteiger partial charge on any atom is -0.383 e. The van der Waals surface area contributed by atoms with E-state index in [4.69, 9.17) is 4.74 Å². The van der Waals surface area contributed by atoms with Gasteiger partial charge in [0.2, 0.25) is 0 Å². The van der Waals surface area contributed by atoms with Crippen molar-refractivity contribution < 1.29 is 9.53 Å². The fourth-order valence-electron chi connectivity index (χ4n) is 3.42. The summed E-state index contributed by atoms with van der Waals surface area (Å²) in [4.78, 5) is 16.8. The largest absolute Gasteiger partial charge is 0.383 e. The molecular formula is C19H35N5O2. The van der Waals surface area contributed by atoms with Gasteiger partial charge in [-0.15, -0.1) is 0 Å². The SMILES string of the molecule is COCCN1CCC(CN(C)C(=O)Nc2cc(C)nn2CC(C)C)CC1. The third-order valence-corrected chi connectivity index (χ3v) is 4.87. The molecule has 7 heteroatoms. The summed E-state index contributed by atoms with van der Waals surface area (Å²) >= 11 is 0. The van der Waals surface area contributed by atoms with E-state index in [9.17, 15) is 4.79 Å². The fourth-order valence-corrected chi connectivity index (χ4v) is 3.42. The first-order chi connectivity index (χ1) is 12.4. The minimum atomic E-state index is -0.0586. The quantitative estimate of drug-likeness (QED) is 0.769. The molecule has 0 aliphatic carbocycles. The smallest absolute Gasteiger partial charge is 0.322 e. The van der Waals surface area contributed by atoms with Crippen molar-refractivity contribution in [1.29, 1.82) is 0 Å². The van der Waals surface area contributed by atoms with Gasteiger partial charge in [0.15, 0.2) is 0 Å². The summed E-state index contributed by atoms with van der Waals surface area (Å²) in [6, 6.07) is 1.87. The Morgan fingerprint density at radius 3 is 2.73 bits per heavy atom. The predicted octanol–water partition coefficient (Wildman–Crippen LogP) is 2.67. The molecule has 26 heavy (non-hydrogen) atoms. The van der Waals surface area contributed by atoms with E-state index in [1.54, 1.807) is 12.0 Å². The van der Waals surface area contributed by atoms with Gasteiger partial charge in [0.25, 0.3) is 0 Å². The van der Waals surface area contributed by atoms with Crippen LogP contribution in [-0.4, -0.2) is 72.6 Å². The Bertz CT molecular complexity index is 564. The van der Waals surface area contributed by atoms with Gasteiger partial charge in [0.05, 0.1) is 12.3 Å². The van der Waals surface area contributed by atoms with Gasteiger partial charge < -0.3 is 14.5 Å². The van der Waals surface area contributed by atoms with Crippen LogP contribution in [0.1, 0.15) is 32.4 Å². The third kappa shape index (κ3) is 6.29. The molecule has 0 aromatic carbocycles. The monoisotopic (exact) mass is 365 g/mol. The van der Waals surface area contributed by atoms with E-state index < -0.39 is 0 Å². The Kier molecular flexibility index (Phi) is 7.90. The summed E-state index contributed by atoms with van der Waals surface area (Å²) in [6.45, 7) is 11.8. The van der Waals surface area contributed by atoms with Crippen LogP contribution in [0.5, 0.6) is 0 Å². The molecule has 0 bridgehead atoms. The molecule has 1 aromatic heterocycles. The zero-order chi connectivity index (χ0) is 19.1. The lowest BCUT2D eigenvalue weighted by Gasteiger charge is -2.33. The number of anilines is 1. The first-order valence-corrected chi connectivity index (χ1v) is 9.67. The summed E-state index contributed by atoms with van der Waals surface area (Å²) in [7, 11) is 3.62. The van der Waals surface area contributed by atoms with Crippen LogP contribution in [0.3, 0.4) is 0 Å². The topological polar surface area (TPSA) is 62.6 Å². The molecule has 1 saturated heterocycles. The van der Waals surface area contributed by atoms with Crippen molar-refractivity contribution in [2.75, 3.05) is 52.3 Å². The van der Waals surface area contributed by atoms with Gasteiger partial charge in [-0.3, -0.25) is 5.32 Å². The number of amides is 2. The maximum absolute atomic E-state index is 12.6. The van der Waals surface area contributed by atoms with Crippen molar-refractivity contribution >= 4 is 11.8 Å². The van der Waals surface area contributed by atoms with Crippen molar-refractivity contribution in [3.63, 3.8) is 0 Å². The first kappa shape index (κ1) is 20.7. The second-order valence-electron chi connectivity index (χ2n) is 7.84. The number of aryl methyl sites for hydroxylation is 1. The summed E-state index contributed by atoms with van der Waals surface area (Å²) < 4.78 is 7.04. The van der Waals surface area contributed by atoms with Crippen molar-refractivity contribution in [3.8, 4) is 0 Å². The van der Waals surface area contributed by atoms with Crippen LogP contribution in [0.4, 0.5) is 10.6 Å². The maximum Gasteiger partial charge on any atom is 0.322 e. The molecule has 2 rings (SSSR count). The van der Waals surface area contributed by atoms with Crippen LogP contribution >= 0.6 is 0 Å². The second-order valence-corrected chi connectivity index (χ2v) is 7.84. The van der Waals surface area contributed by atoms with E-state index in [0.717, 1.165) is 63.7 Å². The highest BCUT2D eigenvalue weighted by atomic mass is 16.5. The van der Waals surface area contributed by atoms with Gasteiger partial charge in [-0.25, -0.2) is 9.48 Å². The first-order valence-electron chi connectivity index (χ1n) is 9.67. The molecule has 0 radical (unpaired) electrons. The zero-order valence-electron chi connectivity index (χ0n) is 17.0. The molecule has 1 N–H and O–H groups in total. The van der Waals surface area contributed by atoms with Crippen molar-refractivity contribution in [2.45, 2.75) is 40.2 Å². The normalized spacial score (nSPS) is 16.2. The average molecular weight is 366 g/mol. The lowest BCUT2D eigenvalue weighted by atomic mass is 9.96. The number of hydrogen-bond acceptors (Lipinski definition) is 4. The predicted molar refractivity (Wildman–Crippen MR) is 104 cm³/mol. The molecule has 1 aliphatic rings. The average Bonchev–Trinajstić information content (AvgIpc) is 2.92. The van der Waals surface area contributed by atoms with Crippen LogP contribution in [0.25, 0.3) is 0 Å². The lowest BCUT2D eigenvalue weighted by Crippen LogP contribution is -2.41. The molecule has 0 saturated carbocycles. The van der Waals surface area contributed by atoms with Gasteiger partial charge in [-0.2, -0.15) is 5.10 Å². The molecule has 1 aliphatic heterocycles. The standard InChI is InChI=1S/C19H35N5O2/c1-15(2)13-24-18(12-16(3)21-24)20-19(25)22(4)14-17-6-8-23(9-7-17)10-11-26-5/h12,15,17H,6-11,13-14H2,1-5H3,(H,20,25). The van der Waals surface area contributed by atoms with E-state index in [1.807, 2.05) is 24.7 Å². The van der Waals surface area contributed by atoms with Gasteiger partial charge in [-0.1, -0.05) is 13.8 Å². The number of ether oxygens (including phenoxy) is 1. The third-order valence-electron chi connectivity index (χ3n) is 4.87. The van der Waals surface area contributed by atoms with Crippen LogP contribution in [0, 0.1) is 18.8 Å². The molecule has 1 fully saturated rings. The van der Waals surface area contributed by atoms with E-state index >= 15 is 0 Å². The van der Waals surface area contributed by atoms with Crippen molar-refractivity contribution in [1.82, 2.24) is 19.6 Å². The highest BCUT2D eigenvalue weighted by molar-refractivity contribution is 5.88. The Morgan fingerprint density at radius 1 is 1.42 bits per heavy atom. The number of hydrogen-bond donors (Lipinski definition) is 1. The summed E-state index contributed by atoms with van der Waals surface area (Å²) in [6.07, 6.45) is 2.26. The number of methoxy groups -OCH3 is 1. The maximum atomic E-state index is 12.6. The number of nitrogens with one attached hydrogen (secondary N) is 1. The summed E-state index contributed by atoms with van der Waals surface area (Å²) in [5, 5.41) is 7.50. The molecule has 0 unspecified atom stereocenters. The van der Waals surface area contributed by atoms with E-state index in [1.165, 1.54) is 0 Å². The number of rotatable bonds is 8. The molecule has 0 spiro atoms. The minimum absolute atomic E-state index is 0.0586. The number of aromatic nitrogens is 2. The number of carbonyl (C=O) groups is 1. The number of nitrogens with zero attached hydrogens (tertiary/aromatic N) is 4. The molecule has 2 heterocycles. The van der Waals surface area contributed by atoms with Crippen molar-refractivity contribution in [3.05, 3.63) is 11.8 Å². The van der Waals surface area contributed by atoms with Gasteiger partial charge in [0, 0.05) is 39.9 Å². The Balaban J connectivity index is 1.81.